The minimum absolute atomic E-state index is 0.0920. The molecule has 1 amide bonds. The highest BCUT2D eigenvalue weighted by molar-refractivity contribution is 5.95. The van der Waals surface area contributed by atoms with Gasteiger partial charge in [-0.2, -0.15) is 4.98 Å². The van der Waals surface area contributed by atoms with Gasteiger partial charge in [0.1, 0.15) is 12.3 Å². The van der Waals surface area contributed by atoms with Gasteiger partial charge in [0.05, 0.1) is 5.56 Å². The summed E-state index contributed by atoms with van der Waals surface area (Å²) >= 11 is 0. The largest absolute Gasteiger partial charge is 0.478 e. The molecular weight excluding hydrogens is 290 g/mol. The van der Waals surface area contributed by atoms with Crippen molar-refractivity contribution < 1.29 is 23.6 Å². The lowest BCUT2D eigenvalue weighted by Gasteiger charge is -2.11. The van der Waals surface area contributed by atoms with Gasteiger partial charge in [0.2, 0.25) is 5.89 Å². The van der Waals surface area contributed by atoms with E-state index in [0.717, 1.165) is 12.3 Å². The van der Waals surface area contributed by atoms with Crippen molar-refractivity contribution >= 4 is 11.9 Å². The first-order valence-corrected chi connectivity index (χ1v) is 6.65. The highest BCUT2D eigenvalue weighted by Crippen LogP contribution is 2.21. The fourth-order valence-electron chi connectivity index (χ4n) is 1.61. The fraction of sp³-hybridized carbons (Fsp3) is 0.429. The molecule has 0 bridgehead atoms. The van der Waals surface area contributed by atoms with E-state index in [1.165, 1.54) is 0 Å². The normalized spacial score (nSPS) is 12.9. The molecule has 0 saturated carbocycles. The molecule has 22 heavy (non-hydrogen) atoms. The average molecular weight is 307 g/mol. The molecule has 1 atom stereocenters. The summed E-state index contributed by atoms with van der Waals surface area (Å²) in [7, 11) is 0. The second-order valence-electron chi connectivity index (χ2n) is 5.91. The third-order valence-corrected chi connectivity index (χ3v) is 2.90. The number of aromatic carboxylic acids is 1. The number of carboxylic acid groups (broad SMARTS) is 1. The van der Waals surface area contributed by atoms with Gasteiger partial charge in [-0.1, -0.05) is 25.9 Å². The molecule has 1 unspecified atom stereocenters. The summed E-state index contributed by atoms with van der Waals surface area (Å²) < 4.78 is 10.1. The first-order valence-electron chi connectivity index (χ1n) is 6.65. The smallest absolute Gasteiger partial charge is 0.338 e. The summed E-state index contributed by atoms with van der Waals surface area (Å²) in [4.78, 5) is 27.0. The highest BCUT2D eigenvalue weighted by atomic mass is 16.5. The van der Waals surface area contributed by atoms with Crippen molar-refractivity contribution in [3.8, 4) is 0 Å². The maximum Gasteiger partial charge on any atom is 0.338 e. The van der Waals surface area contributed by atoms with Crippen LogP contribution in [0.5, 0.6) is 0 Å². The van der Waals surface area contributed by atoms with E-state index in [4.69, 9.17) is 14.0 Å². The number of amides is 1. The molecule has 2 aromatic heterocycles. The number of hydrogen-bond donors (Lipinski definition) is 2. The summed E-state index contributed by atoms with van der Waals surface area (Å²) in [5.74, 6) is -1.02. The van der Waals surface area contributed by atoms with Gasteiger partial charge in [0, 0.05) is 11.5 Å². The molecule has 2 aromatic rings. The van der Waals surface area contributed by atoms with Gasteiger partial charge in [-0.25, -0.2) is 4.79 Å². The van der Waals surface area contributed by atoms with Crippen LogP contribution in [0.2, 0.25) is 0 Å². The Morgan fingerprint density at radius 1 is 1.36 bits per heavy atom. The molecule has 2 heterocycles. The standard InChI is InChI=1S/C14H17N3O5/c1-7(11-16-13(17-22-11)14(2,3)4)15-10(18)9-5-8(6-21-9)12(19)20/h5-7H,1-4H3,(H,15,18)(H,19,20). The Morgan fingerprint density at radius 3 is 2.55 bits per heavy atom. The lowest BCUT2D eigenvalue weighted by Crippen LogP contribution is -2.26. The van der Waals surface area contributed by atoms with E-state index in [-0.39, 0.29) is 22.6 Å². The molecule has 2 N–H and O–H groups in total. The van der Waals surface area contributed by atoms with Crippen LogP contribution in [0.4, 0.5) is 0 Å². The van der Waals surface area contributed by atoms with E-state index < -0.39 is 17.9 Å². The Hall–Kier alpha value is -2.64. The van der Waals surface area contributed by atoms with Crippen LogP contribution in [0, 0.1) is 0 Å². The quantitative estimate of drug-likeness (QED) is 0.888. The van der Waals surface area contributed by atoms with E-state index in [0.29, 0.717) is 5.82 Å². The molecule has 0 radical (unpaired) electrons. The van der Waals surface area contributed by atoms with Crippen molar-refractivity contribution in [2.75, 3.05) is 0 Å². The Bertz CT molecular complexity index is 695. The maximum atomic E-state index is 12.0. The van der Waals surface area contributed by atoms with Gasteiger partial charge < -0.3 is 19.4 Å². The zero-order valence-corrected chi connectivity index (χ0v) is 12.7. The number of carbonyl (C=O) groups is 2. The SMILES string of the molecule is CC(NC(=O)c1cc(C(=O)O)co1)c1nc(C(C)(C)C)no1. The van der Waals surface area contributed by atoms with Crippen LogP contribution < -0.4 is 5.32 Å². The van der Waals surface area contributed by atoms with Gasteiger partial charge in [-0.05, 0) is 6.92 Å². The van der Waals surface area contributed by atoms with Crippen molar-refractivity contribution in [1.82, 2.24) is 15.5 Å². The number of carbonyl (C=O) groups excluding carboxylic acids is 1. The van der Waals surface area contributed by atoms with Crippen LogP contribution >= 0.6 is 0 Å². The topological polar surface area (TPSA) is 118 Å². The Labute approximate surface area is 126 Å². The molecule has 8 nitrogen and oxygen atoms in total. The molecule has 118 valence electrons. The molecular formula is C14H17N3O5. The van der Waals surface area contributed by atoms with Crippen LogP contribution in [0.3, 0.4) is 0 Å². The highest BCUT2D eigenvalue weighted by Gasteiger charge is 2.24. The summed E-state index contributed by atoms with van der Waals surface area (Å²) in [5.41, 5.74) is -0.353. The maximum absolute atomic E-state index is 12.0. The molecule has 0 aliphatic carbocycles. The molecule has 0 spiro atoms. The zero-order chi connectivity index (χ0) is 16.5. The first kappa shape index (κ1) is 15.7. The van der Waals surface area contributed by atoms with Crippen LogP contribution in [0.1, 0.15) is 66.4 Å². The predicted molar refractivity (Wildman–Crippen MR) is 74.5 cm³/mol. The van der Waals surface area contributed by atoms with Gasteiger partial charge in [-0.3, -0.25) is 4.79 Å². The third kappa shape index (κ3) is 3.33. The van der Waals surface area contributed by atoms with Crippen LogP contribution in [0.25, 0.3) is 0 Å². The van der Waals surface area contributed by atoms with Crippen LogP contribution in [0.15, 0.2) is 21.3 Å². The van der Waals surface area contributed by atoms with Crippen molar-refractivity contribution in [3.63, 3.8) is 0 Å². The van der Waals surface area contributed by atoms with Crippen molar-refractivity contribution in [1.29, 1.82) is 0 Å². The Morgan fingerprint density at radius 2 is 2.05 bits per heavy atom. The minimum Gasteiger partial charge on any atom is -0.478 e. The second kappa shape index (κ2) is 5.63. The lowest BCUT2D eigenvalue weighted by molar-refractivity contribution is 0.0695. The molecule has 0 aliphatic heterocycles. The van der Waals surface area contributed by atoms with E-state index in [1.807, 2.05) is 20.8 Å². The summed E-state index contributed by atoms with van der Waals surface area (Å²) in [6.45, 7) is 7.52. The predicted octanol–water partition coefficient (Wildman–Crippen LogP) is 2.15. The minimum atomic E-state index is -1.16. The average Bonchev–Trinajstić information content (AvgIpc) is 3.07. The Balaban J connectivity index is 2.07. The number of aromatic nitrogens is 2. The monoisotopic (exact) mass is 307 g/mol. The Kier molecular flexibility index (Phi) is 4.03. The second-order valence-corrected chi connectivity index (χ2v) is 5.91. The summed E-state index contributed by atoms with van der Waals surface area (Å²) in [5, 5.41) is 15.3. The van der Waals surface area contributed by atoms with Gasteiger partial charge in [0.15, 0.2) is 11.6 Å². The van der Waals surface area contributed by atoms with Gasteiger partial charge >= 0.3 is 5.97 Å². The third-order valence-electron chi connectivity index (χ3n) is 2.90. The van der Waals surface area contributed by atoms with E-state index in [1.54, 1.807) is 6.92 Å². The van der Waals surface area contributed by atoms with Crippen LogP contribution in [-0.4, -0.2) is 27.1 Å². The van der Waals surface area contributed by atoms with E-state index in [2.05, 4.69) is 15.5 Å². The molecule has 0 aliphatic rings. The fourth-order valence-corrected chi connectivity index (χ4v) is 1.61. The molecule has 0 fully saturated rings. The zero-order valence-electron chi connectivity index (χ0n) is 12.7. The van der Waals surface area contributed by atoms with E-state index >= 15 is 0 Å². The number of furan rings is 1. The van der Waals surface area contributed by atoms with Crippen molar-refractivity contribution in [3.05, 3.63) is 35.4 Å². The molecule has 0 aromatic carbocycles. The summed E-state index contributed by atoms with van der Waals surface area (Å²) in [6.07, 6.45) is 1.01. The summed E-state index contributed by atoms with van der Waals surface area (Å²) in [6, 6.07) is 0.619. The number of hydrogen-bond acceptors (Lipinski definition) is 6. The number of nitrogens with zero attached hydrogens (tertiary/aromatic N) is 2. The lowest BCUT2D eigenvalue weighted by atomic mass is 9.96. The first-order chi connectivity index (χ1) is 10.2. The number of nitrogens with one attached hydrogen (secondary N) is 1. The van der Waals surface area contributed by atoms with Crippen molar-refractivity contribution in [2.45, 2.75) is 39.2 Å². The van der Waals surface area contributed by atoms with Gasteiger partial charge in [-0.15, -0.1) is 0 Å². The van der Waals surface area contributed by atoms with Gasteiger partial charge in [0.25, 0.3) is 5.91 Å². The number of rotatable bonds is 4. The molecule has 0 saturated heterocycles. The van der Waals surface area contributed by atoms with E-state index in [9.17, 15) is 9.59 Å². The molecule has 2 rings (SSSR count). The number of carboxylic acids is 1. The van der Waals surface area contributed by atoms with Crippen molar-refractivity contribution in [2.24, 2.45) is 0 Å². The molecule has 8 heteroatoms. The van der Waals surface area contributed by atoms with Crippen LogP contribution in [-0.2, 0) is 5.41 Å².